The molecule has 0 radical (unpaired) electrons. The maximum atomic E-state index is 13.1. The Morgan fingerprint density at radius 2 is 1.69 bits per heavy atom. The van der Waals surface area contributed by atoms with E-state index in [1.165, 1.54) is 24.3 Å². The molecule has 148 valence electrons. The molecule has 3 aromatic carbocycles. The lowest BCUT2D eigenvalue weighted by atomic mass is 10.0. The van der Waals surface area contributed by atoms with Crippen molar-refractivity contribution in [2.24, 2.45) is 0 Å². The molecule has 3 aromatic rings. The van der Waals surface area contributed by atoms with Gasteiger partial charge in [-0.2, -0.15) is 0 Å². The van der Waals surface area contributed by atoms with Crippen LogP contribution in [0.3, 0.4) is 0 Å². The van der Waals surface area contributed by atoms with Gasteiger partial charge in [0.25, 0.3) is 11.6 Å². The van der Waals surface area contributed by atoms with Gasteiger partial charge in [-0.25, -0.2) is 4.79 Å². The lowest BCUT2D eigenvalue weighted by Crippen LogP contribution is -2.33. The number of nitro benzene ring substituents is 1. The second-order valence-electron chi connectivity index (χ2n) is 6.58. The van der Waals surface area contributed by atoms with Gasteiger partial charge in [0.2, 0.25) is 0 Å². The van der Waals surface area contributed by atoms with E-state index in [9.17, 15) is 19.7 Å². The normalized spacial score (nSPS) is 10.6. The van der Waals surface area contributed by atoms with Crippen molar-refractivity contribution in [2.45, 2.75) is 19.9 Å². The largest absolute Gasteiger partial charge is 0.412 e. The van der Waals surface area contributed by atoms with Crippen molar-refractivity contribution in [3.05, 3.63) is 76.3 Å². The van der Waals surface area contributed by atoms with Gasteiger partial charge in [-0.15, -0.1) is 0 Å². The highest BCUT2D eigenvalue weighted by molar-refractivity contribution is 6.15. The van der Waals surface area contributed by atoms with Gasteiger partial charge in [-0.1, -0.05) is 42.5 Å². The summed E-state index contributed by atoms with van der Waals surface area (Å²) >= 11 is 0. The smallest absolute Gasteiger partial charge is 0.409 e. The fraction of sp³-hybridized carbons (Fsp3) is 0.143. The summed E-state index contributed by atoms with van der Waals surface area (Å²) in [5.41, 5.74) is -0.0747. The zero-order chi connectivity index (χ0) is 21.0. The van der Waals surface area contributed by atoms with E-state index in [1.54, 1.807) is 38.1 Å². The molecule has 0 heterocycles. The van der Waals surface area contributed by atoms with E-state index in [0.29, 0.717) is 5.39 Å². The number of anilines is 1. The molecule has 8 heteroatoms. The molecule has 0 saturated heterocycles. The maximum Gasteiger partial charge on any atom is 0.412 e. The lowest BCUT2D eigenvalue weighted by molar-refractivity contribution is -0.383. The minimum Gasteiger partial charge on any atom is -0.409 e. The Morgan fingerprint density at radius 3 is 2.41 bits per heavy atom. The number of benzene rings is 3. The van der Waals surface area contributed by atoms with Crippen LogP contribution in [0, 0.1) is 10.1 Å². The van der Waals surface area contributed by atoms with E-state index in [1.807, 2.05) is 12.1 Å². The molecule has 8 nitrogen and oxygen atoms in total. The minimum atomic E-state index is -0.699. The first kappa shape index (κ1) is 19.8. The number of nitrogens with one attached hydrogen (secondary N) is 2. The molecule has 2 amide bonds. The summed E-state index contributed by atoms with van der Waals surface area (Å²) in [4.78, 5) is 35.8. The number of hydrogen-bond acceptors (Lipinski definition) is 5. The summed E-state index contributed by atoms with van der Waals surface area (Å²) in [5, 5.41) is 17.7. The minimum absolute atomic E-state index is 0.0491. The molecule has 2 N–H and O–H groups in total. The first-order chi connectivity index (χ1) is 13.9. The number of carbonyl (C=O) groups excluding carboxylic acids is 2. The molecule has 0 bridgehead atoms. The first-order valence-corrected chi connectivity index (χ1v) is 8.91. The third-order valence-electron chi connectivity index (χ3n) is 4.08. The predicted octanol–water partition coefficient (Wildman–Crippen LogP) is 4.50. The van der Waals surface area contributed by atoms with Gasteiger partial charge < -0.3 is 15.4 Å². The second-order valence-corrected chi connectivity index (χ2v) is 6.58. The van der Waals surface area contributed by atoms with Crippen molar-refractivity contribution in [1.82, 2.24) is 5.32 Å². The molecule has 0 fully saturated rings. The highest BCUT2D eigenvalue weighted by atomic mass is 16.6. The number of nitrogens with zero attached hydrogens (tertiary/aromatic N) is 1. The van der Waals surface area contributed by atoms with Crippen molar-refractivity contribution in [1.29, 1.82) is 0 Å². The Hall–Kier alpha value is -3.94. The molecule has 0 aliphatic rings. The SMILES string of the molecule is CC(C)NC(=O)Oc1ccc2ccccc2c1C(=O)Nc1ccccc1[N+](=O)[O-]. The zero-order valence-corrected chi connectivity index (χ0v) is 15.8. The van der Waals surface area contributed by atoms with Crippen molar-refractivity contribution in [3.8, 4) is 5.75 Å². The van der Waals surface area contributed by atoms with Crippen LogP contribution in [0.2, 0.25) is 0 Å². The van der Waals surface area contributed by atoms with Crippen molar-refractivity contribution >= 4 is 34.1 Å². The van der Waals surface area contributed by atoms with Gasteiger partial charge in [0, 0.05) is 12.1 Å². The van der Waals surface area contributed by atoms with E-state index in [0.717, 1.165) is 5.39 Å². The van der Waals surface area contributed by atoms with E-state index in [-0.39, 0.29) is 28.7 Å². The summed E-state index contributed by atoms with van der Waals surface area (Å²) in [5.74, 6) is -0.568. The van der Waals surface area contributed by atoms with Crippen LogP contribution in [0.25, 0.3) is 10.8 Å². The van der Waals surface area contributed by atoms with E-state index < -0.39 is 16.9 Å². The molecule has 0 aliphatic heterocycles. The number of hydrogen-bond donors (Lipinski definition) is 2. The Morgan fingerprint density at radius 1 is 1.00 bits per heavy atom. The quantitative estimate of drug-likeness (QED) is 0.490. The molecular formula is C21H19N3O5. The van der Waals surface area contributed by atoms with Crippen molar-refractivity contribution in [2.75, 3.05) is 5.32 Å². The number of rotatable bonds is 5. The summed E-state index contributed by atoms with van der Waals surface area (Å²) < 4.78 is 5.36. The number of para-hydroxylation sites is 2. The van der Waals surface area contributed by atoms with Crippen LogP contribution in [0.5, 0.6) is 5.75 Å². The number of carbonyl (C=O) groups is 2. The highest BCUT2D eigenvalue weighted by Crippen LogP contribution is 2.31. The second kappa shape index (κ2) is 8.39. The fourth-order valence-corrected chi connectivity index (χ4v) is 2.86. The number of amides is 2. The Balaban J connectivity index is 2.04. The average Bonchev–Trinajstić information content (AvgIpc) is 2.67. The third kappa shape index (κ3) is 4.49. The Bertz CT molecular complexity index is 1090. The summed E-state index contributed by atoms with van der Waals surface area (Å²) in [7, 11) is 0. The van der Waals surface area contributed by atoms with Gasteiger partial charge in [-0.05, 0) is 36.8 Å². The van der Waals surface area contributed by atoms with Crippen LogP contribution in [0.4, 0.5) is 16.2 Å². The van der Waals surface area contributed by atoms with Gasteiger partial charge >= 0.3 is 6.09 Å². The molecule has 0 saturated carbocycles. The van der Waals surface area contributed by atoms with Crippen molar-refractivity contribution in [3.63, 3.8) is 0 Å². The monoisotopic (exact) mass is 393 g/mol. The van der Waals surface area contributed by atoms with Crippen molar-refractivity contribution < 1.29 is 19.2 Å². The van der Waals surface area contributed by atoms with Crippen LogP contribution in [0.15, 0.2) is 60.7 Å². The molecule has 0 atom stereocenters. The van der Waals surface area contributed by atoms with Crippen LogP contribution >= 0.6 is 0 Å². The highest BCUT2D eigenvalue weighted by Gasteiger charge is 2.22. The van der Waals surface area contributed by atoms with Crippen LogP contribution in [0.1, 0.15) is 24.2 Å². The fourth-order valence-electron chi connectivity index (χ4n) is 2.86. The predicted molar refractivity (Wildman–Crippen MR) is 109 cm³/mol. The zero-order valence-electron chi connectivity index (χ0n) is 15.8. The molecular weight excluding hydrogens is 374 g/mol. The van der Waals surface area contributed by atoms with Crippen LogP contribution in [-0.4, -0.2) is 23.0 Å². The van der Waals surface area contributed by atoms with Crippen LogP contribution < -0.4 is 15.4 Å². The van der Waals surface area contributed by atoms with E-state index in [2.05, 4.69) is 10.6 Å². The molecule has 3 rings (SSSR count). The third-order valence-corrected chi connectivity index (χ3v) is 4.08. The summed E-state index contributed by atoms with van der Waals surface area (Å²) in [6.07, 6.45) is -0.699. The van der Waals surface area contributed by atoms with E-state index in [4.69, 9.17) is 4.74 Å². The average molecular weight is 393 g/mol. The maximum absolute atomic E-state index is 13.1. The van der Waals surface area contributed by atoms with Crippen LogP contribution in [-0.2, 0) is 0 Å². The van der Waals surface area contributed by atoms with Gasteiger partial charge in [0.15, 0.2) is 0 Å². The molecule has 0 unspecified atom stereocenters. The standard InChI is InChI=1S/C21H19N3O5/c1-13(2)22-21(26)29-18-12-11-14-7-3-4-8-15(14)19(18)20(25)23-16-9-5-6-10-17(16)24(27)28/h3-13H,1-2H3,(H,22,26)(H,23,25). The molecule has 0 aliphatic carbocycles. The lowest BCUT2D eigenvalue weighted by Gasteiger charge is -2.15. The van der Waals surface area contributed by atoms with Gasteiger partial charge in [0.1, 0.15) is 11.4 Å². The Kier molecular flexibility index (Phi) is 5.73. The van der Waals surface area contributed by atoms with Gasteiger partial charge in [0.05, 0.1) is 10.5 Å². The van der Waals surface area contributed by atoms with E-state index >= 15 is 0 Å². The summed E-state index contributed by atoms with van der Waals surface area (Å²) in [6, 6.07) is 16.0. The van der Waals surface area contributed by atoms with Gasteiger partial charge in [-0.3, -0.25) is 14.9 Å². The number of ether oxygens (including phenoxy) is 1. The first-order valence-electron chi connectivity index (χ1n) is 8.91. The topological polar surface area (TPSA) is 111 Å². The molecule has 0 spiro atoms. The number of nitro groups is 1. The molecule has 29 heavy (non-hydrogen) atoms. The number of fused-ring (bicyclic) bond motifs is 1. The summed E-state index contributed by atoms with van der Waals surface area (Å²) in [6.45, 7) is 3.56. The molecule has 0 aromatic heterocycles. The Labute approximate surface area is 166 Å².